The summed E-state index contributed by atoms with van der Waals surface area (Å²) < 4.78 is 0. The van der Waals surface area contributed by atoms with Gasteiger partial charge in [0.2, 0.25) is 0 Å². The van der Waals surface area contributed by atoms with Crippen molar-refractivity contribution in [2.75, 3.05) is 7.05 Å². The highest BCUT2D eigenvalue weighted by molar-refractivity contribution is 5.22. The fourth-order valence-corrected chi connectivity index (χ4v) is 2.01. The lowest BCUT2D eigenvalue weighted by Gasteiger charge is -2.38. The Morgan fingerprint density at radius 3 is 2.58 bits per heavy atom. The summed E-state index contributed by atoms with van der Waals surface area (Å²) >= 11 is 0. The van der Waals surface area contributed by atoms with E-state index in [0.29, 0.717) is 17.9 Å². The Morgan fingerprint density at radius 2 is 1.83 bits per heavy atom. The maximum absolute atomic E-state index is 2.31. The molecule has 0 aromatic carbocycles. The lowest BCUT2D eigenvalue weighted by atomic mass is 9.82. The van der Waals surface area contributed by atoms with Gasteiger partial charge in [-0.3, -0.25) is 0 Å². The number of nitrogens with zero attached hydrogens (tertiary/aromatic N) is 1. The molecular weight excluding hydrogens is 146 g/mol. The van der Waals surface area contributed by atoms with Gasteiger partial charge in [-0.2, -0.15) is 0 Å². The first-order valence-electron chi connectivity index (χ1n) is 4.54. The molecule has 0 saturated heterocycles. The van der Waals surface area contributed by atoms with E-state index in [1.165, 1.54) is 0 Å². The second kappa shape index (κ2) is 2.81. The summed E-state index contributed by atoms with van der Waals surface area (Å²) in [5.74, 6) is 1.34. The number of fused-ring (bicyclic) bond motifs is 1. The average Bonchev–Trinajstić information content (AvgIpc) is 2.12. The molecule has 2 aliphatic rings. The summed E-state index contributed by atoms with van der Waals surface area (Å²) in [4.78, 5) is 2.28. The Morgan fingerprint density at radius 1 is 1.08 bits per heavy atom. The molecule has 0 N–H and O–H groups in total. The molecule has 0 aromatic heterocycles. The van der Waals surface area contributed by atoms with Gasteiger partial charge in [-0.1, -0.05) is 37.3 Å². The van der Waals surface area contributed by atoms with Crippen LogP contribution >= 0.6 is 0 Å². The predicted molar refractivity (Wildman–Crippen MR) is 51.6 cm³/mol. The largest absolute Gasteiger partial charge is 0.374 e. The molecule has 1 heterocycles. The van der Waals surface area contributed by atoms with Crippen LogP contribution in [0.3, 0.4) is 0 Å². The molecule has 2 rings (SSSR count). The van der Waals surface area contributed by atoms with Crippen LogP contribution in [-0.2, 0) is 0 Å². The first-order chi connectivity index (χ1) is 5.79. The fourth-order valence-electron chi connectivity index (χ4n) is 2.01. The van der Waals surface area contributed by atoms with Gasteiger partial charge in [0, 0.05) is 13.0 Å². The van der Waals surface area contributed by atoms with E-state index in [9.17, 15) is 0 Å². The highest BCUT2D eigenvalue weighted by Crippen LogP contribution is 2.29. The molecule has 0 spiro atoms. The van der Waals surface area contributed by atoms with Crippen molar-refractivity contribution in [3.8, 4) is 0 Å². The maximum atomic E-state index is 2.31. The van der Waals surface area contributed by atoms with E-state index in [1.807, 2.05) is 0 Å². The molecule has 0 bridgehead atoms. The van der Waals surface area contributed by atoms with Gasteiger partial charge in [-0.05, 0) is 12.1 Å². The number of likely N-dealkylation sites (N-methyl/N-ethyl adjacent to an activating group) is 1. The van der Waals surface area contributed by atoms with Gasteiger partial charge < -0.3 is 4.90 Å². The minimum atomic E-state index is 0.579. The molecule has 12 heavy (non-hydrogen) atoms. The zero-order chi connectivity index (χ0) is 8.55. The van der Waals surface area contributed by atoms with Crippen LogP contribution in [0.25, 0.3) is 0 Å². The minimum absolute atomic E-state index is 0.579. The van der Waals surface area contributed by atoms with Crippen LogP contribution < -0.4 is 0 Å². The lowest BCUT2D eigenvalue weighted by molar-refractivity contribution is 0.256. The highest BCUT2D eigenvalue weighted by Gasteiger charge is 2.27. The number of rotatable bonds is 0. The van der Waals surface area contributed by atoms with Gasteiger partial charge in [0.1, 0.15) is 0 Å². The molecule has 1 aliphatic carbocycles. The van der Waals surface area contributed by atoms with E-state index in [0.717, 1.165) is 0 Å². The smallest absolute Gasteiger partial charge is 0.0535 e. The number of allylic oxidation sites excluding steroid dienone is 3. The highest BCUT2D eigenvalue weighted by atomic mass is 15.1. The Bertz CT molecular complexity index is 224. The van der Waals surface area contributed by atoms with E-state index < -0.39 is 0 Å². The van der Waals surface area contributed by atoms with E-state index in [1.54, 1.807) is 0 Å². The molecule has 1 nitrogen and oxygen atoms in total. The topological polar surface area (TPSA) is 3.24 Å². The van der Waals surface area contributed by atoms with Crippen LogP contribution in [0, 0.1) is 11.8 Å². The summed E-state index contributed by atoms with van der Waals surface area (Å²) in [6.07, 6.45) is 13.4. The molecule has 0 saturated carbocycles. The van der Waals surface area contributed by atoms with Gasteiger partial charge in [0.25, 0.3) is 0 Å². The lowest BCUT2D eigenvalue weighted by Crippen LogP contribution is -2.38. The van der Waals surface area contributed by atoms with Gasteiger partial charge in [0.15, 0.2) is 0 Å². The number of hydrogen-bond donors (Lipinski definition) is 0. The summed E-state index contributed by atoms with van der Waals surface area (Å²) in [6.45, 7) is 2.28. The Balaban J connectivity index is 2.28. The molecule has 3 unspecified atom stereocenters. The normalized spacial score (nSPS) is 38.5. The zero-order valence-electron chi connectivity index (χ0n) is 7.64. The summed E-state index contributed by atoms with van der Waals surface area (Å²) in [5.41, 5.74) is 0. The molecule has 1 aliphatic heterocycles. The van der Waals surface area contributed by atoms with Crippen molar-refractivity contribution in [1.29, 1.82) is 0 Å². The van der Waals surface area contributed by atoms with Gasteiger partial charge in [-0.25, -0.2) is 0 Å². The molecule has 0 radical (unpaired) electrons. The SMILES string of the molecule is CC1C=CN(C)C2C=CC=CC12. The van der Waals surface area contributed by atoms with Gasteiger partial charge >= 0.3 is 0 Å². The Labute approximate surface area is 74.1 Å². The van der Waals surface area contributed by atoms with Crippen LogP contribution in [0.5, 0.6) is 0 Å². The Hall–Kier alpha value is -0.980. The maximum Gasteiger partial charge on any atom is 0.0535 e. The van der Waals surface area contributed by atoms with Crippen molar-refractivity contribution in [3.05, 3.63) is 36.6 Å². The third kappa shape index (κ3) is 1.09. The molecule has 64 valence electrons. The van der Waals surface area contributed by atoms with E-state index >= 15 is 0 Å². The molecular formula is C11H15N. The zero-order valence-corrected chi connectivity index (χ0v) is 7.64. The van der Waals surface area contributed by atoms with Crippen LogP contribution in [0.15, 0.2) is 36.6 Å². The van der Waals surface area contributed by atoms with Crippen molar-refractivity contribution in [3.63, 3.8) is 0 Å². The fraction of sp³-hybridized carbons (Fsp3) is 0.455. The van der Waals surface area contributed by atoms with E-state index in [4.69, 9.17) is 0 Å². The predicted octanol–water partition coefficient (Wildman–Crippen LogP) is 2.19. The average molecular weight is 161 g/mol. The summed E-state index contributed by atoms with van der Waals surface area (Å²) in [7, 11) is 2.14. The Kier molecular flexibility index (Phi) is 1.80. The second-order valence-electron chi connectivity index (χ2n) is 3.70. The van der Waals surface area contributed by atoms with Crippen LogP contribution in [0.1, 0.15) is 6.92 Å². The standard InChI is InChI=1S/C11H15N/c1-9-7-8-12(2)11-6-4-3-5-10(9)11/h3-11H,1-2H3. The summed E-state index contributed by atoms with van der Waals surface area (Å²) in [5, 5.41) is 0. The molecule has 1 heteroatoms. The molecule has 0 amide bonds. The molecule has 0 fully saturated rings. The van der Waals surface area contributed by atoms with Crippen molar-refractivity contribution in [2.45, 2.75) is 13.0 Å². The van der Waals surface area contributed by atoms with Crippen LogP contribution in [-0.4, -0.2) is 18.0 Å². The second-order valence-corrected chi connectivity index (χ2v) is 3.70. The van der Waals surface area contributed by atoms with Crippen molar-refractivity contribution in [1.82, 2.24) is 4.90 Å². The third-order valence-electron chi connectivity index (χ3n) is 2.85. The van der Waals surface area contributed by atoms with Crippen molar-refractivity contribution in [2.24, 2.45) is 11.8 Å². The summed E-state index contributed by atoms with van der Waals surface area (Å²) in [6, 6.07) is 0.579. The first-order valence-corrected chi connectivity index (χ1v) is 4.54. The van der Waals surface area contributed by atoms with Crippen molar-refractivity contribution < 1.29 is 0 Å². The van der Waals surface area contributed by atoms with Gasteiger partial charge in [-0.15, -0.1) is 0 Å². The van der Waals surface area contributed by atoms with Crippen LogP contribution in [0.4, 0.5) is 0 Å². The third-order valence-corrected chi connectivity index (χ3v) is 2.85. The molecule has 0 aromatic rings. The van der Waals surface area contributed by atoms with Gasteiger partial charge in [0.05, 0.1) is 6.04 Å². The quantitative estimate of drug-likeness (QED) is 0.526. The number of hydrogen-bond acceptors (Lipinski definition) is 1. The van der Waals surface area contributed by atoms with E-state index in [-0.39, 0.29) is 0 Å². The van der Waals surface area contributed by atoms with Crippen molar-refractivity contribution >= 4 is 0 Å². The van der Waals surface area contributed by atoms with Crippen LogP contribution in [0.2, 0.25) is 0 Å². The monoisotopic (exact) mass is 161 g/mol. The van der Waals surface area contributed by atoms with E-state index in [2.05, 4.69) is 55.5 Å². The minimum Gasteiger partial charge on any atom is -0.374 e. The molecule has 3 atom stereocenters. The first kappa shape index (κ1) is 7.66.